The zero-order valence-corrected chi connectivity index (χ0v) is 21.5. The number of piperidine rings is 1. The van der Waals surface area contributed by atoms with Gasteiger partial charge in [0.05, 0.1) is 0 Å². The Morgan fingerprint density at radius 3 is 2.41 bits per heavy atom. The van der Waals surface area contributed by atoms with Gasteiger partial charge in [0.2, 0.25) is 6.10 Å². The Labute approximate surface area is 221 Å². The first-order valence-electron chi connectivity index (χ1n) is 12.0. The second-order valence-electron chi connectivity index (χ2n) is 8.62. The fraction of sp³-hybridized carbons (Fsp3) is 0.250. The van der Waals surface area contributed by atoms with Crippen LogP contribution in [-0.4, -0.2) is 31.5 Å². The summed E-state index contributed by atoms with van der Waals surface area (Å²) in [5.74, 6) is 0.419. The molecule has 1 fully saturated rings. The Morgan fingerprint density at radius 1 is 0.973 bits per heavy atom. The van der Waals surface area contributed by atoms with Crippen LogP contribution in [0.15, 0.2) is 78.0 Å². The lowest BCUT2D eigenvalue weighted by atomic mass is 10.1. The first-order chi connectivity index (χ1) is 17.9. The maximum atomic E-state index is 13.3. The molecule has 0 saturated carbocycles. The van der Waals surface area contributed by atoms with E-state index in [0.29, 0.717) is 22.0 Å². The molecule has 2 amide bonds. The molecule has 0 radical (unpaired) electrons. The number of halogens is 1. The second kappa shape index (κ2) is 12.3. The summed E-state index contributed by atoms with van der Waals surface area (Å²) in [6.07, 6.45) is 1.07. The number of carbonyl (C=O) groups excluding carboxylic acids is 2. The van der Waals surface area contributed by atoms with E-state index in [-0.39, 0.29) is 0 Å². The predicted molar refractivity (Wildman–Crippen MR) is 146 cm³/mol. The number of hydrogen-bond donors (Lipinski definition) is 2. The van der Waals surface area contributed by atoms with Crippen LogP contribution in [0.2, 0.25) is 5.02 Å². The Morgan fingerprint density at radius 2 is 1.70 bits per heavy atom. The van der Waals surface area contributed by atoms with Crippen molar-refractivity contribution < 1.29 is 19.2 Å². The average molecular weight is 521 g/mol. The molecule has 1 aliphatic heterocycles. The van der Waals surface area contributed by atoms with Gasteiger partial charge in [0.1, 0.15) is 12.9 Å². The summed E-state index contributed by atoms with van der Waals surface area (Å²) in [6, 6.07) is 21.1. The topological polar surface area (TPSA) is 92.3 Å². The van der Waals surface area contributed by atoms with E-state index in [2.05, 4.69) is 20.7 Å². The van der Waals surface area contributed by atoms with E-state index in [0.717, 1.165) is 42.9 Å². The van der Waals surface area contributed by atoms with Gasteiger partial charge in [0.15, 0.2) is 0 Å². The summed E-state index contributed by atoms with van der Waals surface area (Å²) < 4.78 is 5.56. The lowest BCUT2D eigenvalue weighted by molar-refractivity contribution is -0.124. The van der Waals surface area contributed by atoms with Crippen molar-refractivity contribution >= 4 is 46.5 Å². The third-order valence-corrected chi connectivity index (χ3v) is 6.20. The third-order valence-electron chi connectivity index (χ3n) is 5.95. The summed E-state index contributed by atoms with van der Waals surface area (Å²) in [6.45, 7) is 2.83. The summed E-state index contributed by atoms with van der Waals surface area (Å²) >= 11 is 5.91. The van der Waals surface area contributed by atoms with Gasteiger partial charge in [-0.3, -0.25) is 10.1 Å². The smallest absolute Gasteiger partial charge is 0.412 e. The van der Waals surface area contributed by atoms with E-state index in [1.54, 1.807) is 55.6 Å². The van der Waals surface area contributed by atoms with Crippen molar-refractivity contribution in [2.45, 2.75) is 32.3 Å². The lowest BCUT2D eigenvalue weighted by Crippen LogP contribution is -2.36. The monoisotopic (exact) mass is 520 g/mol. The Kier molecular flexibility index (Phi) is 8.64. The minimum atomic E-state index is -1.16. The molecule has 9 heteroatoms. The maximum absolute atomic E-state index is 13.3. The Hall–Kier alpha value is -4.04. The molecule has 4 rings (SSSR count). The van der Waals surface area contributed by atoms with Gasteiger partial charge < -0.3 is 19.8 Å². The number of amidine groups is 1. The molecule has 37 heavy (non-hydrogen) atoms. The summed E-state index contributed by atoms with van der Waals surface area (Å²) in [7, 11) is 1.55. The van der Waals surface area contributed by atoms with Crippen LogP contribution in [0.4, 0.5) is 21.9 Å². The molecule has 192 valence electrons. The van der Waals surface area contributed by atoms with Gasteiger partial charge in [-0.05, 0) is 67.8 Å². The molecule has 1 aliphatic rings. The van der Waals surface area contributed by atoms with Gasteiger partial charge in [-0.2, -0.15) is 0 Å². The fourth-order valence-corrected chi connectivity index (χ4v) is 4.34. The number of amides is 2. The maximum Gasteiger partial charge on any atom is 0.412 e. The van der Waals surface area contributed by atoms with Crippen LogP contribution >= 0.6 is 11.6 Å². The highest BCUT2D eigenvalue weighted by atomic mass is 35.5. The molecule has 3 aromatic rings. The molecule has 0 bridgehead atoms. The average Bonchev–Trinajstić information content (AvgIpc) is 2.90. The zero-order valence-electron chi connectivity index (χ0n) is 20.7. The number of nitrogens with zero attached hydrogens (tertiary/aromatic N) is 2. The zero-order chi connectivity index (χ0) is 26.2. The summed E-state index contributed by atoms with van der Waals surface area (Å²) in [5, 5.41) is 10.2. The summed E-state index contributed by atoms with van der Waals surface area (Å²) in [5.41, 5.74) is 3.62. The van der Waals surface area contributed by atoms with Crippen LogP contribution in [-0.2, 0) is 14.4 Å². The van der Waals surface area contributed by atoms with Gasteiger partial charge in [0.25, 0.3) is 5.91 Å². The Bertz CT molecular complexity index is 1260. The van der Waals surface area contributed by atoms with E-state index >= 15 is 0 Å². The Balaban J connectivity index is 1.50. The first kappa shape index (κ1) is 26.0. The molecule has 3 aromatic carbocycles. The van der Waals surface area contributed by atoms with Gasteiger partial charge in [0, 0.05) is 40.6 Å². The van der Waals surface area contributed by atoms with Crippen molar-refractivity contribution in [3.63, 3.8) is 0 Å². The molecule has 0 aliphatic carbocycles. The number of hydrogen-bond acceptors (Lipinski definition) is 5. The van der Waals surface area contributed by atoms with Gasteiger partial charge in [-0.1, -0.05) is 47.1 Å². The van der Waals surface area contributed by atoms with Gasteiger partial charge in [-0.15, -0.1) is 0 Å². The highest BCUT2D eigenvalue weighted by Gasteiger charge is 2.26. The predicted octanol–water partition coefficient (Wildman–Crippen LogP) is 6.53. The quantitative estimate of drug-likeness (QED) is 0.346. The first-order valence-corrected chi connectivity index (χ1v) is 12.4. The molecule has 0 unspecified atom stereocenters. The van der Waals surface area contributed by atoms with Crippen LogP contribution in [0.5, 0.6) is 0 Å². The largest absolute Gasteiger partial charge is 0.431 e. The van der Waals surface area contributed by atoms with Crippen LogP contribution in [0.1, 0.15) is 36.5 Å². The number of oxime groups is 1. The summed E-state index contributed by atoms with van der Waals surface area (Å²) in [4.78, 5) is 33.1. The van der Waals surface area contributed by atoms with Crippen molar-refractivity contribution in [2.24, 2.45) is 5.16 Å². The SMILES string of the molecule is CO/N=C1\CCCCN1c1ccc(NC(=O)[C@H](OC(=O)Nc2ccc(Cl)cc2)c2ccccc2)cc1C. The molecule has 0 aromatic heterocycles. The highest BCUT2D eigenvalue weighted by Crippen LogP contribution is 2.29. The standard InChI is InChI=1S/C28H29ClN4O4/c1-19-18-23(15-16-24(19)33-17-7-6-10-25(33)32-36-2)30-27(34)26(20-8-4-3-5-9-20)37-28(35)31-22-13-11-21(29)12-14-22/h3-5,8-9,11-16,18,26H,6-7,10,17H2,1-2H3,(H,30,34)(H,31,35)/b32-25+/t26-/m1/s1. The minimum absolute atomic E-state index is 0.468. The minimum Gasteiger partial charge on any atom is -0.431 e. The second-order valence-corrected chi connectivity index (χ2v) is 9.05. The van der Waals surface area contributed by atoms with E-state index in [1.807, 2.05) is 31.2 Å². The molecule has 0 spiro atoms. The molecule has 1 saturated heterocycles. The third kappa shape index (κ3) is 6.80. The lowest BCUT2D eigenvalue weighted by Gasteiger charge is -2.31. The number of aryl methyl sites for hydroxylation is 1. The van der Waals surface area contributed by atoms with E-state index in [9.17, 15) is 9.59 Å². The normalized spacial score (nSPS) is 15.1. The van der Waals surface area contributed by atoms with Gasteiger partial charge >= 0.3 is 6.09 Å². The van der Waals surface area contributed by atoms with E-state index in [4.69, 9.17) is 21.2 Å². The van der Waals surface area contributed by atoms with Gasteiger partial charge in [-0.25, -0.2) is 4.79 Å². The number of ether oxygens (including phenoxy) is 1. The molecule has 1 atom stereocenters. The van der Waals surface area contributed by atoms with Crippen molar-refractivity contribution in [3.05, 3.63) is 88.9 Å². The van der Waals surface area contributed by atoms with Crippen molar-refractivity contribution in [2.75, 3.05) is 29.2 Å². The van der Waals surface area contributed by atoms with Crippen molar-refractivity contribution in [1.82, 2.24) is 0 Å². The van der Waals surface area contributed by atoms with Crippen LogP contribution in [0.25, 0.3) is 0 Å². The number of rotatable bonds is 7. The van der Waals surface area contributed by atoms with E-state index < -0.39 is 18.1 Å². The molecular formula is C28H29ClN4O4. The van der Waals surface area contributed by atoms with Crippen LogP contribution in [0, 0.1) is 6.92 Å². The molecule has 8 nitrogen and oxygen atoms in total. The molecule has 2 N–H and O–H groups in total. The van der Waals surface area contributed by atoms with Crippen LogP contribution in [0.3, 0.4) is 0 Å². The molecule has 1 heterocycles. The van der Waals surface area contributed by atoms with E-state index in [1.165, 1.54) is 0 Å². The number of nitrogens with one attached hydrogen (secondary N) is 2. The highest BCUT2D eigenvalue weighted by molar-refractivity contribution is 6.30. The number of benzene rings is 3. The van der Waals surface area contributed by atoms with Crippen LogP contribution < -0.4 is 15.5 Å². The van der Waals surface area contributed by atoms with Crippen molar-refractivity contribution in [1.29, 1.82) is 0 Å². The molecular weight excluding hydrogens is 492 g/mol. The fourth-order valence-electron chi connectivity index (χ4n) is 4.21. The number of carbonyl (C=O) groups is 2. The van der Waals surface area contributed by atoms with Crippen molar-refractivity contribution in [3.8, 4) is 0 Å². The number of anilines is 3.